The van der Waals surface area contributed by atoms with Crippen molar-refractivity contribution in [3.8, 4) is 5.75 Å². The predicted octanol–water partition coefficient (Wildman–Crippen LogP) is 4.67. The van der Waals surface area contributed by atoms with Gasteiger partial charge in [-0.25, -0.2) is 0 Å². The van der Waals surface area contributed by atoms with Gasteiger partial charge in [-0.15, -0.1) is 0 Å². The van der Waals surface area contributed by atoms with Gasteiger partial charge in [0.2, 0.25) is 0 Å². The zero-order valence-corrected chi connectivity index (χ0v) is 14.7. The second-order valence-electron chi connectivity index (χ2n) is 6.88. The minimum atomic E-state index is -0.444. The molecule has 0 saturated carbocycles. The second kappa shape index (κ2) is 7.30. The number of hydrogen-bond acceptors (Lipinski definition) is 3. The molecule has 0 N–H and O–H groups in total. The molecule has 132 valence electrons. The van der Waals surface area contributed by atoms with Crippen LogP contribution in [-0.2, 0) is 21.6 Å². The van der Waals surface area contributed by atoms with Gasteiger partial charge in [0.15, 0.2) is 0 Å². The van der Waals surface area contributed by atoms with Crippen LogP contribution >= 0.6 is 0 Å². The molecule has 0 bridgehead atoms. The van der Waals surface area contributed by atoms with E-state index in [0.29, 0.717) is 19.8 Å². The van der Waals surface area contributed by atoms with Gasteiger partial charge in [-0.1, -0.05) is 48.5 Å². The summed E-state index contributed by atoms with van der Waals surface area (Å²) in [6.07, 6.45) is 2.53. The number of rotatable bonds is 5. The molecule has 4 rings (SSSR count). The van der Waals surface area contributed by atoms with E-state index in [1.807, 2.05) is 36.4 Å². The number of fused-ring (bicyclic) bond motifs is 1. The largest absolute Gasteiger partial charge is 0.489 e. The van der Waals surface area contributed by atoms with E-state index in [-0.39, 0.29) is 0 Å². The average Bonchev–Trinajstić information content (AvgIpc) is 2.73. The summed E-state index contributed by atoms with van der Waals surface area (Å²) in [6, 6.07) is 22.6. The Kier molecular flexibility index (Phi) is 4.72. The molecular weight excluding hydrogens is 324 g/mol. The quantitative estimate of drug-likeness (QED) is 0.630. The van der Waals surface area contributed by atoms with Crippen LogP contribution in [0.1, 0.15) is 24.0 Å². The van der Waals surface area contributed by atoms with Crippen molar-refractivity contribution >= 4 is 17.1 Å². The van der Waals surface area contributed by atoms with E-state index in [0.717, 1.165) is 36.0 Å². The maximum absolute atomic E-state index is 11.8. The minimum Gasteiger partial charge on any atom is -0.489 e. The fraction of sp³-hybridized carbons (Fsp3) is 0.261. The summed E-state index contributed by atoms with van der Waals surface area (Å²) in [4.78, 5) is 11.8. The standard InChI is InChI=1S/C23H22O3/c24-17-23(10-12-25-13-11-23)21-6-3-7-22(15-21)26-16-18-8-9-19-4-1-2-5-20(19)14-18/h1-9,14-15,17H,10-13,16H2. The molecule has 26 heavy (non-hydrogen) atoms. The van der Waals surface area contributed by atoms with Gasteiger partial charge in [-0.2, -0.15) is 0 Å². The molecule has 3 nitrogen and oxygen atoms in total. The zero-order chi connectivity index (χ0) is 17.8. The third-order valence-electron chi connectivity index (χ3n) is 5.24. The van der Waals surface area contributed by atoms with Crippen molar-refractivity contribution in [3.05, 3.63) is 77.9 Å². The van der Waals surface area contributed by atoms with Gasteiger partial charge in [-0.05, 0) is 52.9 Å². The van der Waals surface area contributed by atoms with Crippen molar-refractivity contribution in [1.82, 2.24) is 0 Å². The van der Waals surface area contributed by atoms with Crippen LogP contribution in [0.25, 0.3) is 10.8 Å². The number of benzene rings is 3. The Morgan fingerprint density at radius 2 is 1.73 bits per heavy atom. The number of carbonyl (C=O) groups is 1. The fourth-order valence-corrected chi connectivity index (χ4v) is 3.60. The van der Waals surface area contributed by atoms with Crippen LogP contribution in [0, 0.1) is 0 Å². The van der Waals surface area contributed by atoms with Crippen LogP contribution in [0.3, 0.4) is 0 Å². The number of carbonyl (C=O) groups excluding carboxylic acids is 1. The first-order valence-corrected chi connectivity index (χ1v) is 9.04. The summed E-state index contributed by atoms with van der Waals surface area (Å²) < 4.78 is 11.4. The fourth-order valence-electron chi connectivity index (χ4n) is 3.60. The van der Waals surface area contributed by atoms with Crippen LogP contribution in [-0.4, -0.2) is 19.5 Å². The van der Waals surface area contributed by atoms with Gasteiger partial charge in [-0.3, -0.25) is 0 Å². The van der Waals surface area contributed by atoms with E-state index in [1.54, 1.807) is 0 Å². The molecule has 0 atom stereocenters. The minimum absolute atomic E-state index is 0.444. The third-order valence-corrected chi connectivity index (χ3v) is 5.24. The average molecular weight is 346 g/mol. The Hall–Kier alpha value is -2.65. The normalized spacial score (nSPS) is 16.3. The van der Waals surface area contributed by atoms with E-state index in [2.05, 4.69) is 30.3 Å². The summed E-state index contributed by atoms with van der Waals surface area (Å²) in [7, 11) is 0. The van der Waals surface area contributed by atoms with E-state index >= 15 is 0 Å². The van der Waals surface area contributed by atoms with Crippen molar-refractivity contribution in [2.24, 2.45) is 0 Å². The molecule has 0 radical (unpaired) electrons. The summed E-state index contributed by atoms with van der Waals surface area (Å²) >= 11 is 0. The number of aldehydes is 1. The highest BCUT2D eigenvalue weighted by Gasteiger charge is 2.34. The lowest BCUT2D eigenvalue weighted by atomic mass is 9.75. The van der Waals surface area contributed by atoms with Crippen LogP contribution < -0.4 is 4.74 Å². The Morgan fingerprint density at radius 1 is 0.923 bits per heavy atom. The van der Waals surface area contributed by atoms with Gasteiger partial charge in [0, 0.05) is 13.2 Å². The predicted molar refractivity (Wildman–Crippen MR) is 103 cm³/mol. The molecule has 0 aliphatic carbocycles. The molecule has 0 spiro atoms. The molecule has 3 aromatic rings. The van der Waals surface area contributed by atoms with Crippen molar-refractivity contribution in [2.75, 3.05) is 13.2 Å². The molecule has 1 aliphatic heterocycles. The topological polar surface area (TPSA) is 35.5 Å². The van der Waals surface area contributed by atoms with E-state index in [9.17, 15) is 4.79 Å². The highest BCUT2D eigenvalue weighted by molar-refractivity contribution is 5.82. The second-order valence-corrected chi connectivity index (χ2v) is 6.88. The van der Waals surface area contributed by atoms with E-state index in [1.165, 1.54) is 10.8 Å². The molecule has 3 heteroatoms. The molecule has 3 aromatic carbocycles. The van der Waals surface area contributed by atoms with Crippen molar-refractivity contribution < 1.29 is 14.3 Å². The van der Waals surface area contributed by atoms with Gasteiger partial charge in [0.05, 0.1) is 5.41 Å². The first-order valence-electron chi connectivity index (χ1n) is 9.04. The number of ether oxygens (including phenoxy) is 2. The smallest absolute Gasteiger partial charge is 0.130 e. The monoisotopic (exact) mass is 346 g/mol. The van der Waals surface area contributed by atoms with Crippen molar-refractivity contribution in [1.29, 1.82) is 0 Å². The Balaban J connectivity index is 1.52. The molecule has 1 fully saturated rings. The molecular formula is C23H22O3. The Bertz CT molecular complexity index is 910. The Morgan fingerprint density at radius 3 is 2.54 bits per heavy atom. The Labute approximate surface area is 153 Å². The first-order chi connectivity index (χ1) is 12.8. The van der Waals surface area contributed by atoms with Gasteiger partial charge in [0.25, 0.3) is 0 Å². The van der Waals surface area contributed by atoms with Crippen molar-refractivity contribution in [3.63, 3.8) is 0 Å². The van der Waals surface area contributed by atoms with E-state index in [4.69, 9.17) is 9.47 Å². The van der Waals surface area contributed by atoms with Crippen LogP contribution in [0.4, 0.5) is 0 Å². The van der Waals surface area contributed by atoms with Crippen LogP contribution in [0.5, 0.6) is 5.75 Å². The lowest BCUT2D eigenvalue weighted by Gasteiger charge is -2.32. The third kappa shape index (κ3) is 3.35. The molecule has 0 amide bonds. The summed E-state index contributed by atoms with van der Waals surface area (Å²) in [5.74, 6) is 0.795. The SMILES string of the molecule is O=CC1(c2cccc(OCc3ccc4ccccc4c3)c2)CCOCC1. The lowest BCUT2D eigenvalue weighted by molar-refractivity contribution is -0.115. The maximum atomic E-state index is 11.8. The summed E-state index contributed by atoms with van der Waals surface area (Å²) in [5.41, 5.74) is 1.71. The molecule has 0 aromatic heterocycles. The lowest BCUT2D eigenvalue weighted by Crippen LogP contribution is -2.35. The van der Waals surface area contributed by atoms with Gasteiger partial charge < -0.3 is 14.3 Å². The summed E-state index contributed by atoms with van der Waals surface area (Å²) in [6.45, 7) is 1.76. The highest BCUT2D eigenvalue weighted by atomic mass is 16.5. The molecule has 1 heterocycles. The zero-order valence-electron chi connectivity index (χ0n) is 14.7. The van der Waals surface area contributed by atoms with Crippen LogP contribution in [0.15, 0.2) is 66.7 Å². The molecule has 1 saturated heterocycles. The van der Waals surface area contributed by atoms with Gasteiger partial charge >= 0.3 is 0 Å². The highest BCUT2D eigenvalue weighted by Crippen LogP contribution is 2.34. The van der Waals surface area contributed by atoms with Gasteiger partial charge in [0.1, 0.15) is 18.6 Å². The first kappa shape index (κ1) is 16.8. The summed E-state index contributed by atoms with van der Waals surface area (Å²) in [5, 5.41) is 2.44. The molecule has 1 aliphatic rings. The number of hydrogen-bond donors (Lipinski definition) is 0. The van der Waals surface area contributed by atoms with E-state index < -0.39 is 5.41 Å². The van der Waals surface area contributed by atoms with Crippen molar-refractivity contribution in [2.45, 2.75) is 24.9 Å². The van der Waals surface area contributed by atoms with Crippen LogP contribution in [0.2, 0.25) is 0 Å². The maximum Gasteiger partial charge on any atom is 0.130 e. The molecule has 0 unspecified atom stereocenters.